The van der Waals surface area contributed by atoms with E-state index in [1.807, 2.05) is 0 Å². The Kier molecular flexibility index (Phi) is 2.80. The third-order valence-electron chi connectivity index (χ3n) is 3.51. The number of ketones is 1. The van der Waals surface area contributed by atoms with Crippen LogP contribution in [-0.4, -0.2) is 15.8 Å². The number of carbonyl (C=O) groups is 1. The topological polar surface area (TPSA) is 42.9 Å². The minimum absolute atomic E-state index is 0.143. The van der Waals surface area contributed by atoms with Crippen molar-refractivity contribution in [1.82, 2.24) is 9.97 Å². The van der Waals surface area contributed by atoms with E-state index in [4.69, 9.17) is 0 Å². The van der Waals surface area contributed by atoms with E-state index in [1.54, 1.807) is 18.6 Å². The minimum atomic E-state index is -0.143. The summed E-state index contributed by atoms with van der Waals surface area (Å²) in [5, 5.41) is 0. The Labute approximate surface area is 89.9 Å². The molecule has 1 aromatic heterocycles. The summed E-state index contributed by atoms with van der Waals surface area (Å²) < 4.78 is 0. The number of aromatic nitrogens is 2. The zero-order chi connectivity index (χ0) is 10.7. The van der Waals surface area contributed by atoms with Crippen LogP contribution in [0.2, 0.25) is 0 Å². The predicted octanol–water partition coefficient (Wildman–Crippen LogP) is 2.63. The van der Waals surface area contributed by atoms with Crippen molar-refractivity contribution in [2.45, 2.75) is 39.0 Å². The first-order chi connectivity index (χ1) is 7.28. The second-order valence-corrected chi connectivity index (χ2v) is 4.26. The molecule has 0 aromatic carbocycles. The largest absolute Gasteiger partial charge is 0.292 e. The first kappa shape index (κ1) is 10.3. The maximum atomic E-state index is 12.3. The van der Waals surface area contributed by atoms with Crippen LogP contribution in [0, 0.1) is 5.41 Å². The van der Waals surface area contributed by atoms with Gasteiger partial charge < -0.3 is 0 Å². The van der Waals surface area contributed by atoms with Crippen molar-refractivity contribution in [1.29, 1.82) is 0 Å². The molecule has 1 aromatic rings. The summed E-state index contributed by atoms with van der Waals surface area (Å²) in [7, 11) is 0. The highest BCUT2D eigenvalue weighted by molar-refractivity contribution is 5.98. The lowest BCUT2D eigenvalue weighted by molar-refractivity contribution is 0.0785. The Morgan fingerprint density at radius 3 is 2.67 bits per heavy atom. The molecule has 1 fully saturated rings. The SMILES string of the molecule is CCC1(C(=O)c2cnccn2)CCCC1. The summed E-state index contributed by atoms with van der Waals surface area (Å²) >= 11 is 0. The zero-order valence-electron chi connectivity index (χ0n) is 9.07. The fourth-order valence-corrected chi connectivity index (χ4v) is 2.48. The molecule has 80 valence electrons. The van der Waals surface area contributed by atoms with Gasteiger partial charge in [-0.3, -0.25) is 9.78 Å². The van der Waals surface area contributed by atoms with Gasteiger partial charge in [-0.1, -0.05) is 19.8 Å². The summed E-state index contributed by atoms with van der Waals surface area (Å²) in [6, 6.07) is 0. The van der Waals surface area contributed by atoms with E-state index < -0.39 is 0 Å². The summed E-state index contributed by atoms with van der Waals surface area (Å²) in [6.45, 7) is 2.10. The molecule has 0 saturated heterocycles. The summed E-state index contributed by atoms with van der Waals surface area (Å²) in [4.78, 5) is 20.4. The Bertz CT molecular complexity index is 342. The average molecular weight is 204 g/mol. The van der Waals surface area contributed by atoms with E-state index in [1.165, 1.54) is 12.8 Å². The van der Waals surface area contributed by atoms with Gasteiger partial charge in [0.05, 0.1) is 6.20 Å². The third kappa shape index (κ3) is 1.78. The number of hydrogen-bond acceptors (Lipinski definition) is 3. The highest BCUT2D eigenvalue weighted by Crippen LogP contribution is 2.43. The number of nitrogens with zero attached hydrogens (tertiary/aromatic N) is 2. The normalized spacial score (nSPS) is 19.0. The highest BCUT2D eigenvalue weighted by Gasteiger charge is 2.40. The molecule has 1 aliphatic rings. The van der Waals surface area contributed by atoms with E-state index in [2.05, 4.69) is 16.9 Å². The van der Waals surface area contributed by atoms with Gasteiger partial charge in [0.1, 0.15) is 5.69 Å². The molecular formula is C12H16N2O. The average Bonchev–Trinajstić information content (AvgIpc) is 2.79. The summed E-state index contributed by atoms with van der Waals surface area (Å²) in [5.74, 6) is 0.190. The lowest BCUT2D eigenvalue weighted by atomic mass is 9.78. The van der Waals surface area contributed by atoms with E-state index in [9.17, 15) is 4.79 Å². The van der Waals surface area contributed by atoms with Crippen LogP contribution in [0.4, 0.5) is 0 Å². The predicted molar refractivity (Wildman–Crippen MR) is 57.6 cm³/mol. The highest BCUT2D eigenvalue weighted by atomic mass is 16.1. The van der Waals surface area contributed by atoms with Gasteiger partial charge in [0.25, 0.3) is 0 Å². The van der Waals surface area contributed by atoms with E-state index in [0.29, 0.717) is 5.69 Å². The molecule has 0 atom stereocenters. The van der Waals surface area contributed by atoms with Crippen molar-refractivity contribution in [3.63, 3.8) is 0 Å². The Morgan fingerprint density at radius 1 is 1.40 bits per heavy atom. The lowest BCUT2D eigenvalue weighted by Gasteiger charge is -2.24. The van der Waals surface area contributed by atoms with Crippen molar-refractivity contribution in [2.75, 3.05) is 0 Å². The van der Waals surface area contributed by atoms with Crippen LogP contribution >= 0.6 is 0 Å². The molecule has 0 unspecified atom stereocenters. The molecule has 1 aliphatic carbocycles. The number of rotatable bonds is 3. The first-order valence-corrected chi connectivity index (χ1v) is 5.59. The van der Waals surface area contributed by atoms with E-state index >= 15 is 0 Å². The second-order valence-electron chi connectivity index (χ2n) is 4.26. The molecule has 0 aliphatic heterocycles. The molecule has 0 bridgehead atoms. The molecule has 1 saturated carbocycles. The first-order valence-electron chi connectivity index (χ1n) is 5.59. The van der Waals surface area contributed by atoms with Gasteiger partial charge in [-0.2, -0.15) is 0 Å². The monoisotopic (exact) mass is 204 g/mol. The fourth-order valence-electron chi connectivity index (χ4n) is 2.48. The smallest absolute Gasteiger partial charge is 0.188 e. The Balaban J connectivity index is 2.27. The molecule has 1 heterocycles. The van der Waals surface area contributed by atoms with Gasteiger partial charge in [-0.15, -0.1) is 0 Å². The van der Waals surface area contributed by atoms with E-state index in [-0.39, 0.29) is 11.2 Å². The maximum Gasteiger partial charge on any atom is 0.188 e. The molecule has 0 amide bonds. The van der Waals surface area contributed by atoms with Gasteiger partial charge in [-0.05, 0) is 19.3 Å². The number of carbonyl (C=O) groups excluding carboxylic acids is 1. The van der Waals surface area contributed by atoms with Crippen molar-refractivity contribution in [3.8, 4) is 0 Å². The zero-order valence-corrected chi connectivity index (χ0v) is 9.07. The second kappa shape index (κ2) is 4.09. The molecule has 0 N–H and O–H groups in total. The number of hydrogen-bond donors (Lipinski definition) is 0. The minimum Gasteiger partial charge on any atom is -0.292 e. The van der Waals surface area contributed by atoms with Crippen LogP contribution in [0.15, 0.2) is 18.6 Å². The van der Waals surface area contributed by atoms with Gasteiger partial charge in [0, 0.05) is 17.8 Å². The summed E-state index contributed by atoms with van der Waals surface area (Å²) in [5.41, 5.74) is 0.386. The van der Waals surface area contributed by atoms with E-state index in [0.717, 1.165) is 19.3 Å². The lowest BCUT2D eigenvalue weighted by Crippen LogP contribution is -2.28. The van der Waals surface area contributed by atoms with Gasteiger partial charge in [0.2, 0.25) is 0 Å². The van der Waals surface area contributed by atoms with Crippen LogP contribution in [0.5, 0.6) is 0 Å². The molecule has 0 radical (unpaired) electrons. The quantitative estimate of drug-likeness (QED) is 0.711. The molecular weight excluding hydrogens is 188 g/mol. The van der Waals surface area contributed by atoms with Crippen LogP contribution in [-0.2, 0) is 0 Å². The Morgan fingerprint density at radius 2 is 2.13 bits per heavy atom. The standard InChI is InChI=1S/C12H16N2O/c1-2-12(5-3-4-6-12)11(15)10-9-13-7-8-14-10/h7-9H,2-6H2,1H3. The molecule has 15 heavy (non-hydrogen) atoms. The molecule has 0 spiro atoms. The van der Waals surface area contributed by atoms with Crippen LogP contribution in [0.1, 0.15) is 49.5 Å². The molecule has 3 heteroatoms. The van der Waals surface area contributed by atoms with Crippen molar-refractivity contribution in [2.24, 2.45) is 5.41 Å². The fraction of sp³-hybridized carbons (Fsp3) is 0.583. The van der Waals surface area contributed by atoms with Crippen LogP contribution < -0.4 is 0 Å². The van der Waals surface area contributed by atoms with Crippen molar-refractivity contribution < 1.29 is 4.79 Å². The maximum absolute atomic E-state index is 12.3. The van der Waals surface area contributed by atoms with Gasteiger partial charge >= 0.3 is 0 Å². The summed E-state index contributed by atoms with van der Waals surface area (Å²) in [6.07, 6.45) is 10.0. The van der Waals surface area contributed by atoms with Gasteiger partial charge in [-0.25, -0.2) is 4.98 Å². The van der Waals surface area contributed by atoms with Crippen molar-refractivity contribution in [3.05, 3.63) is 24.3 Å². The molecule has 2 rings (SSSR count). The Hall–Kier alpha value is -1.25. The number of Topliss-reactive ketones (excluding diaryl/α,β-unsaturated/α-hetero) is 1. The van der Waals surface area contributed by atoms with Crippen LogP contribution in [0.25, 0.3) is 0 Å². The third-order valence-corrected chi connectivity index (χ3v) is 3.51. The van der Waals surface area contributed by atoms with Crippen LogP contribution in [0.3, 0.4) is 0 Å². The van der Waals surface area contributed by atoms with Crippen molar-refractivity contribution >= 4 is 5.78 Å². The molecule has 3 nitrogen and oxygen atoms in total. The van der Waals surface area contributed by atoms with Gasteiger partial charge in [0.15, 0.2) is 5.78 Å².